The number of carbonyl (C=O) groups is 1. The molecule has 0 saturated heterocycles. The van der Waals surface area contributed by atoms with Crippen molar-refractivity contribution in [3.05, 3.63) is 57.9 Å². The molecular formula is C20H22N2O3S3. The molecule has 1 amide bonds. The average Bonchev–Trinajstić information content (AvgIpc) is 2.95. The third-order valence-electron chi connectivity index (χ3n) is 4.52. The minimum atomic E-state index is -3.38. The maximum absolute atomic E-state index is 12.8. The first-order valence-electron chi connectivity index (χ1n) is 8.69. The number of benzene rings is 2. The van der Waals surface area contributed by atoms with Crippen LogP contribution in [0.4, 0.5) is 0 Å². The number of sulfone groups is 1. The Labute approximate surface area is 173 Å². The van der Waals surface area contributed by atoms with E-state index in [-0.39, 0.29) is 10.5 Å². The Kier molecular flexibility index (Phi) is 6.12. The Morgan fingerprint density at radius 3 is 2.57 bits per heavy atom. The summed E-state index contributed by atoms with van der Waals surface area (Å²) in [5.74, 6) is 0.465. The van der Waals surface area contributed by atoms with Crippen molar-refractivity contribution in [3.8, 4) is 0 Å². The molecule has 1 aromatic heterocycles. The number of rotatable bonds is 5. The van der Waals surface area contributed by atoms with Crippen LogP contribution >= 0.6 is 23.1 Å². The smallest absolute Gasteiger partial charge is 0.279 e. The molecule has 0 fully saturated rings. The van der Waals surface area contributed by atoms with Gasteiger partial charge in [-0.3, -0.25) is 4.79 Å². The molecule has 3 rings (SSSR count). The number of hydrogen-bond acceptors (Lipinski definition) is 5. The van der Waals surface area contributed by atoms with Crippen LogP contribution in [0, 0.1) is 13.8 Å². The standard InChI is InChI=1S/C20H22N2O3S3/c1-13-10-17-18(11-14(13)2)27-20(22(17)8-9-26-3)21-19(23)15-6-5-7-16(12-15)28(4,24)25/h5-7,10-12H,8-9H2,1-4H3. The van der Waals surface area contributed by atoms with Gasteiger partial charge in [0, 0.05) is 24.1 Å². The summed E-state index contributed by atoms with van der Waals surface area (Å²) in [5.41, 5.74) is 3.73. The number of hydrogen-bond donors (Lipinski definition) is 0. The van der Waals surface area contributed by atoms with Gasteiger partial charge < -0.3 is 4.57 Å². The van der Waals surface area contributed by atoms with Gasteiger partial charge in [-0.15, -0.1) is 0 Å². The number of aryl methyl sites for hydroxylation is 3. The van der Waals surface area contributed by atoms with Crippen LogP contribution in [0.15, 0.2) is 46.3 Å². The molecule has 0 unspecified atom stereocenters. The molecule has 0 aliphatic heterocycles. The van der Waals surface area contributed by atoms with Gasteiger partial charge in [-0.1, -0.05) is 17.4 Å². The predicted molar refractivity (Wildman–Crippen MR) is 117 cm³/mol. The highest BCUT2D eigenvalue weighted by molar-refractivity contribution is 7.98. The van der Waals surface area contributed by atoms with Gasteiger partial charge in [-0.25, -0.2) is 8.42 Å². The zero-order chi connectivity index (χ0) is 20.5. The molecule has 2 aromatic carbocycles. The highest BCUT2D eigenvalue weighted by atomic mass is 32.2. The van der Waals surface area contributed by atoms with Crippen LogP contribution in [-0.4, -0.2) is 37.2 Å². The van der Waals surface area contributed by atoms with Gasteiger partial charge in [-0.05, 0) is 61.6 Å². The lowest BCUT2D eigenvalue weighted by molar-refractivity contribution is 0.0997. The Morgan fingerprint density at radius 1 is 1.18 bits per heavy atom. The van der Waals surface area contributed by atoms with Crippen molar-refractivity contribution in [2.75, 3.05) is 18.3 Å². The molecule has 28 heavy (non-hydrogen) atoms. The third kappa shape index (κ3) is 4.39. The van der Waals surface area contributed by atoms with Crippen molar-refractivity contribution in [1.29, 1.82) is 0 Å². The van der Waals surface area contributed by atoms with E-state index in [1.807, 2.05) is 6.26 Å². The fraction of sp³-hybridized carbons (Fsp3) is 0.300. The van der Waals surface area contributed by atoms with E-state index in [0.717, 1.165) is 28.8 Å². The Balaban J connectivity index is 2.14. The average molecular weight is 435 g/mol. The van der Waals surface area contributed by atoms with Crippen LogP contribution in [0.2, 0.25) is 0 Å². The topological polar surface area (TPSA) is 68.5 Å². The first-order valence-corrected chi connectivity index (χ1v) is 12.8. The first kappa shape index (κ1) is 20.8. The number of amides is 1. The molecule has 148 valence electrons. The number of aromatic nitrogens is 1. The molecule has 0 spiro atoms. The maximum atomic E-state index is 12.8. The number of fused-ring (bicyclic) bond motifs is 1. The van der Waals surface area contributed by atoms with Crippen molar-refractivity contribution in [1.82, 2.24) is 4.57 Å². The summed E-state index contributed by atoms with van der Waals surface area (Å²) in [5, 5.41) is 0. The van der Waals surface area contributed by atoms with E-state index in [1.165, 1.54) is 34.6 Å². The van der Waals surface area contributed by atoms with E-state index in [1.54, 1.807) is 23.9 Å². The lowest BCUT2D eigenvalue weighted by Gasteiger charge is -2.06. The number of thiazole rings is 1. The van der Waals surface area contributed by atoms with Gasteiger partial charge in [0.2, 0.25) is 0 Å². The second-order valence-electron chi connectivity index (χ2n) is 6.65. The first-order chi connectivity index (χ1) is 13.2. The van der Waals surface area contributed by atoms with E-state index < -0.39 is 15.7 Å². The molecule has 0 bridgehead atoms. The van der Waals surface area contributed by atoms with Crippen LogP contribution in [0.1, 0.15) is 21.5 Å². The molecule has 5 nitrogen and oxygen atoms in total. The van der Waals surface area contributed by atoms with Gasteiger partial charge in [0.15, 0.2) is 14.6 Å². The molecule has 0 radical (unpaired) electrons. The summed E-state index contributed by atoms with van der Waals surface area (Å²) in [6.45, 7) is 4.89. The van der Waals surface area contributed by atoms with Crippen LogP contribution in [0.25, 0.3) is 10.2 Å². The van der Waals surface area contributed by atoms with Crippen molar-refractivity contribution in [2.45, 2.75) is 25.3 Å². The van der Waals surface area contributed by atoms with Crippen molar-refractivity contribution in [2.24, 2.45) is 4.99 Å². The fourth-order valence-electron chi connectivity index (χ4n) is 2.82. The second kappa shape index (κ2) is 8.23. The van der Waals surface area contributed by atoms with Crippen molar-refractivity contribution in [3.63, 3.8) is 0 Å². The summed E-state index contributed by atoms with van der Waals surface area (Å²) in [7, 11) is -3.38. The van der Waals surface area contributed by atoms with E-state index in [0.29, 0.717) is 4.80 Å². The van der Waals surface area contributed by atoms with Gasteiger partial charge in [0.25, 0.3) is 5.91 Å². The molecule has 0 N–H and O–H groups in total. The van der Waals surface area contributed by atoms with Crippen LogP contribution in [0.3, 0.4) is 0 Å². The molecule has 1 heterocycles. The summed E-state index contributed by atoms with van der Waals surface area (Å²) in [6.07, 6.45) is 3.17. The van der Waals surface area contributed by atoms with E-state index in [9.17, 15) is 13.2 Å². The van der Waals surface area contributed by atoms with Crippen molar-refractivity contribution < 1.29 is 13.2 Å². The Hall–Kier alpha value is -1.90. The molecule has 0 aliphatic carbocycles. The molecule has 3 aromatic rings. The van der Waals surface area contributed by atoms with E-state index >= 15 is 0 Å². The number of thioether (sulfide) groups is 1. The SMILES string of the molecule is CSCCn1c(=NC(=O)c2cccc(S(C)(=O)=O)c2)sc2cc(C)c(C)cc21. The molecular weight excluding hydrogens is 412 g/mol. The Morgan fingerprint density at radius 2 is 1.89 bits per heavy atom. The van der Waals surface area contributed by atoms with Gasteiger partial charge in [-0.2, -0.15) is 16.8 Å². The molecule has 0 saturated carbocycles. The summed E-state index contributed by atoms with van der Waals surface area (Å²) < 4.78 is 26.7. The third-order valence-corrected chi connectivity index (χ3v) is 7.27. The summed E-state index contributed by atoms with van der Waals surface area (Å²) in [6, 6.07) is 10.3. The Bertz CT molecular complexity index is 1220. The molecule has 0 atom stereocenters. The van der Waals surface area contributed by atoms with Crippen molar-refractivity contribution >= 4 is 49.1 Å². The lowest BCUT2D eigenvalue weighted by atomic mass is 10.1. The van der Waals surface area contributed by atoms with E-state index in [2.05, 4.69) is 35.5 Å². The van der Waals surface area contributed by atoms with Gasteiger partial charge in [0.05, 0.1) is 15.1 Å². The molecule has 0 aliphatic rings. The van der Waals surface area contributed by atoms with Gasteiger partial charge in [0.1, 0.15) is 0 Å². The van der Waals surface area contributed by atoms with Gasteiger partial charge >= 0.3 is 0 Å². The summed E-state index contributed by atoms with van der Waals surface area (Å²) >= 11 is 3.21. The zero-order valence-electron chi connectivity index (χ0n) is 16.2. The van der Waals surface area contributed by atoms with Crippen LogP contribution in [0.5, 0.6) is 0 Å². The minimum absolute atomic E-state index is 0.117. The highest BCUT2D eigenvalue weighted by Gasteiger charge is 2.13. The zero-order valence-corrected chi connectivity index (χ0v) is 18.7. The van der Waals surface area contributed by atoms with Crippen LogP contribution in [-0.2, 0) is 16.4 Å². The van der Waals surface area contributed by atoms with Crippen LogP contribution < -0.4 is 4.80 Å². The largest absolute Gasteiger partial charge is 0.315 e. The summed E-state index contributed by atoms with van der Waals surface area (Å²) in [4.78, 5) is 17.8. The number of carbonyl (C=O) groups excluding carboxylic acids is 1. The number of nitrogens with zero attached hydrogens (tertiary/aromatic N) is 2. The lowest BCUT2D eigenvalue weighted by Crippen LogP contribution is -2.18. The quantitative estimate of drug-likeness (QED) is 0.612. The maximum Gasteiger partial charge on any atom is 0.279 e. The minimum Gasteiger partial charge on any atom is -0.315 e. The predicted octanol–water partition coefficient (Wildman–Crippen LogP) is 3.83. The monoisotopic (exact) mass is 434 g/mol. The fourth-order valence-corrected chi connectivity index (χ4v) is 4.98. The second-order valence-corrected chi connectivity index (χ2v) is 10.7. The molecule has 8 heteroatoms. The van der Waals surface area contributed by atoms with E-state index in [4.69, 9.17) is 0 Å². The highest BCUT2D eigenvalue weighted by Crippen LogP contribution is 2.22. The normalized spacial score (nSPS) is 12.6.